The molecule has 0 atom stereocenters. The Balaban J connectivity index is 1.47. The molecule has 0 amide bonds. The van der Waals surface area contributed by atoms with Gasteiger partial charge in [0.2, 0.25) is 10.0 Å². The average Bonchev–Trinajstić information content (AvgIpc) is 3.14. The number of hydrogen-bond donors (Lipinski definition) is 1. The number of imidazole rings is 1. The fraction of sp³-hybridized carbons (Fsp3) is 0.409. The van der Waals surface area contributed by atoms with E-state index >= 15 is 0 Å². The Morgan fingerprint density at radius 3 is 2.48 bits per heavy atom. The molecule has 3 aromatic rings. The van der Waals surface area contributed by atoms with E-state index in [1.165, 1.54) is 12.1 Å². The number of fused-ring (bicyclic) bond motifs is 1. The summed E-state index contributed by atoms with van der Waals surface area (Å²) in [4.78, 5) is 20.0. The van der Waals surface area contributed by atoms with Crippen molar-refractivity contribution < 1.29 is 13.3 Å². The van der Waals surface area contributed by atoms with Crippen molar-refractivity contribution in [3.05, 3.63) is 64.6 Å². The average molecular weight is 473 g/mol. The lowest BCUT2D eigenvalue weighted by Gasteiger charge is -2.35. The minimum absolute atomic E-state index is 0.113. The molecule has 0 aliphatic carbocycles. The zero-order chi connectivity index (χ0) is 23.8. The molecular formula is C22H28N6O4S. The van der Waals surface area contributed by atoms with E-state index in [1.807, 2.05) is 39.9 Å². The van der Waals surface area contributed by atoms with Crippen LogP contribution in [0.15, 0.2) is 53.7 Å². The van der Waals surface area contributed by atoms with Crippen LogP contribution in [-0.4, -0.2) is 59.3 Å². The molecule has 2 aromatic heterocycles. The third-order valence-corrected chi connectivity index (χ3v) is 7.16. The summed E-state index contributed by atoms with van der Waals surface area (Å²) in [6.45, 7) is 8.50. The van der Waals surface area contributed by atoms with Crippen molar-refractivity contribution in [1.29, 1.82) is 0 Å². The lowest BCUT2D eigenvalue weighted by atomic mass is 10.1. The molecule has 1 aliphatic rings. The number of hydrogen-bond acceptors (Lipinski definition) is 7. The maximum absolute atomic E-state index is 12.6. The van der Waals surface area contributed by atoms with Gasteiger partial charge in [0.1, 0.15) is 11.3 Å². The van der Waals surface area contributed by atoms with Gasteiger partial charge in [0.15, 0.2) is 0 Å². The first-order valence-electron chi connectivity index (χ1n) is 10.7. The smallest absolute Gasteiger partial charge is 0.293 e. The summed E-state index contributed by atoms with van der Waals surface area (Å²) in [5.41, 5.74) is 1.41. The lowest BCUT2D eigenvalue weighted by molar-refractivity contribution is -0.384. The van der Waals surface area contributed by atoms with E-state index in [0.29, 0.717) is 25.3 Å². The van der Waals surface area contributed by atoms with Crippen LogP contribution in [0, 0.1) is 10.1 Å². The third kappa shape index (κ3) is 5.32. The predicted octanol–water partition coefficient (Wildman–Crippen LogP) is 2.64. The first-order valence-corrected chi connectivity index (χ1v) is 12.2. The highest BCUT2D eigenvalue weighted by molar-refractivity contribution is 7.89. The van der Waals surface area contributed by atoms with Crippen LogP contribution in [0.3, 0.4) is 0 Å². The van der Waals surface area contributed by atoms with Crippen LogP contribution in [0.4, 0.5) is 11.4 Å². The van der Waals surface area contributed by atoms with Gasteiger partial charge in [0, 0.05) is 56.7 Å². The Morgan fingerprint density at radius 1 is 1.12 bits per heavy atom. The highest BCUT2D eigenvalue weighted by Crippen LogP contribution is 2.32. The maximum Gasteiger partial charge on any atom is 0.293 e. The second-order valence-electron chi connectivity index (χ2n) is 9.22. The molecule has 0 radical (unpaired) electrons. The van der Waals surface area contributed by atoms with Gasteiger partial charge in [-0.3, -0.25) is 15.0 Å². The Kier molecular flexibility index (Phi) is 6.12. The van der Waals surface area contributed by atoms with E-state index in [-0.39, 0.29) is 10.6 Å². The number of nitrogens with zero attached hydrogens (tertiary/aromatic N) is 5. The Labute approximate surface area is 193 Å². The summed E-state index contributed by atoms with van der Waals surface area (Å²) in [5.74, 6) is 0. The molecule has 4 rings (SSSR count). The quantitative estimate of drug-likeness (QED) is 0.433. The molecule has 1 aromatic carbocycles. The number of anilines is 1. The number of nitro groups is 1. The number of aromatic nitrogens is 2. The molecule has 0 unspecified atom stereocenters. The van der Waals surface area contributed by atoms with Gasteiger partial charge in [0.05, 0.1) is 15.5 Å². The molecule has 1 saturated heterocycles. The minimum atomic E-state index is -3.87. The van der Waals surface area contributed by atoms with Crippen LogP contribution >= 0.6 is 0 Å². The van der Waals surface area contributed by atoms with Crippen LogP contribution in [0.25, 0.3) is 5.65 Å². The number of nitro benzene ring substituents is 1. The van der Waals surface area contributed by atoms with E-state index in [4.69, 9.17) is 0 Å². The summed E-state index contributed by atoms with van der Waals surface area (Å²) in [6, 6.07) is 9.98. The molecule has 1 N–H and O–H groups in total. The predicted molar refractivity (Wildman–Crippen MR) is 126 cm³/mol. The van der Waals surface area contributed by atoms with Gasteiger partial charge in [-0.05, 0) is 45.0 Å². The van der Waals surface area contributed by atoms with Crippen molar-refractivity contribution in [2.45, 2.75) is 37.8 Å². The molecule has 0 saturated carbocycles. The number of sulfonamides is 1. The van der Waals surface area contributed by atoms with E-state index in [2.05, 4.69) is 14.6 Å². The van der Waals surface area contributed by atoms with Gasteiger partial charge >= 0.3 is 0 Å². The highest BCUT2D eigenvalue weighted by atomic mass is 32.2. The fourth-order valence-corrected chi connectivity index (χ4v) is 5.42. The third-order valence-electron chi connectivity index (χ3n) is 5.41. The second kappa shape index (κ2) is 8.73. The van der Waals surface area contributed by atoms with Crippen LogP contribution in [-0.2, 0) is 16.6 Å². The zero-order valence-electron chi connectivity index (χ0n) is 18.9. The van der Waals surface area contributed by atoms with E-state index in [0.717, 1.165) is 30.5 Å². The van der Waals surface area contributed by atoms with Crippen molar-refractivity contribution in [3.63, 3.8) is 0 Å². The van der Waals surface area contributed by atoms with Crippen molar-refractivity contribution in [2.24, 2.45) is 0 Å². The highest BCUT2D eigenvalue weighted by Gasteiger charge is 2.28. The molecule has 0 bridgehead atoms. The topological polar surface area (TPSA) is 113 Å². The molecular weight excluding hydrogens is 444 g/mol. The van der Waals surface area contributed by atoms with E-state index in [9.17, 15) is 18.5 Å². The Hall–Kier alpha value is -3.02. The molecule has 1 fully saturated rings. The summed E-state index contributed by atoms with van der Waals surface area (Å²) in [7, 11) is -3.87. The Morgan fingerprint density at radius 2 is 1.85 bits per heavy atom. The number of piperazine rings is 1. The fourth-order valence-electron chi connectivity index (χ4n) is 3.99. The van der Waals surface area contributed by atoms with Gasteiger partial charge in [-0.2, -0.15) is 0 Å². The zero-order valence-corrected chi connectivity index (χ0v) is 19.7. The van der Waals surface area contributed by atoms with Crippen LogP contribution < -0.4 is 9.62 Å². The molecule has 0 spiro atoms. The minimum Gasteiger partial charge on any atom is -0.363 e. The van der Waals surface area contributed by atoms with Gasteiger partial charge in [-0.25, -0.2) is 18.1 Å². The SMILES string of the molecule is CC(C)(C)NS(=O)(=O)c1ccc(N2CCN(Cc3cn4ccccc4n3)CC2)c([N+](=O)[O-])c1. The summed E-state index contributed by atoms with van der Waals surface area (Å²) < 4.78 is 29.8. The van der Waals surface area contributed by atoms with E-state index < -0.39 is 20.5 Å². The lowest BCUT2D eigenvalue weighted by Crippen LogP contribution is -2.46. The van der Waals surface area contributed by atoms with Crippen molar-refractivity contribution in [1.82, 2.24) is 19.0 Å². The number of nitrogens with one attached hydrogen (secondary N) is 1. The first-order chi connectivity index (χ1) is 15.5. The number of pyridine rings is 1. The van der Waals surface area contributed by atoms with Gasteiger partial charge < -0.3 is 9.30 Å². The molecule has 176 valence electrons. The van der Waals surface area contributed by atoms with Crippen LogP contribution in [0.1, 0.15) is 26.5 Å². The summed E-state index contributed by atoms with van der Waals surface area (Å²) >= 11 is 0. The summed E-state index contributed by atoms with van der Waals surface area (Å²) in [6.07, 6.45) is 3.97. The van der Waals surface area contributed by atoms with Crippen molar-refractivity contribution >= 4 is 27.0 Å². The normalized spacial score (nSPS) is 15.8. The van der Waals surface area contributed by atoms with Crippen molar-refractivity contribution in [2.75, 3.05) is 31.1 Å². The van der Waals surface area contributed by atoms with Crippen LogP contribution in [0.2, 0.25) is 0 Å². The molecule has 3 heterocycles. The maximum atomic E-state index is 12.6. The van der Waals surface area contributed by atoms with Crippen LogP contribution in [0.5, 0.6) is 0 Å². The molecule has 1 aliphatic heterocycles. The van der Waals surface area contributed by atoms with Gasteiger partial charge in [0.25, 0.3) is 5.69 Å². The van der Waals surface area contributed by atoms with Gasteiger partial charge in [-0.1, -0.05) is 6.07 Å². The van der Waals surface area contributed by atoms with Gasteiger partial charge in [-0.15, -0.1) is 0 Å². The van der Waals surface area contributed by atoms with Crippen molar-refractivity contribution in [3.8, 4) is 0 Å². The summed E-state index contributed by atoms with van der Waals surface area (Å²) in [5, 5.41) is 11.8. The number of rotatable bonds is 6. The van der Waals surface area contributed by atoms with E-state index in [1.54, 1.807) is 20.8 Å². The number of benzene rings is 1. The molecule has 33 heavy (non-hydrogen) atoms. The second-order valence-corrected chi connectivity index (χ2v) is 10.9. The molecule has 10 nitrogen and oxygen atoms in total. The monoisotopic (exact) mass is 472 g/mol. The Bertz CT molecular complexity index is 1240. The first kappa shape index (κ1) is 23.1. The standard InChI is InChI=1S/C22H28N6O4S/c1-22(2,3)24-33(31,32)18-7-8-19(20(14-18)28(29)30)26-12-10-25(11-13-26)15-17-16-27-9-5-4-6-21(27)23-17/h4-9,14,16,24H,10-13,15H2,1-3H3. The largest absolute Gasteiger partial charge is 0.363 e. The molecule has 11 heteroatoms.